The Morgan fingerprint density at radius 1 is 1.30 bits per heavy atom. The van der Waals surface area contributed by atoms with Gasteiger partial charge in [0.15, 0.2) is 0 Å². The van der Waals surface area contributed by atoms with Gasteiger partial charge in [-0.1, -0.05) is 18.9 Å². The van der Waals surface area contributed by atoms with Crippen molar-refractivity contribution >= 4 is 22.3 Å². The fourth-order valence-corrected chi connectivity index (χ4v) is 4.65. The van der Waals surface area contributed by atoms with E-state index in [1.165, 1.54) is 12.8 Å². The van der Waals surface area contributed by atoms with Gasteiger partial charge in [-0.05, 0) is 59.1 Å². The molecule has 1 aliphatic carbocycles. The van der Waals surface area contributed by atoms with Crippen molar-refractivity contribution in [1.29, 1.82) is 0 Å². The third-order valence-corrected chi connectivity index (χ3v) is 7.10. The Morgan fingerprint density at radius 2 is 1.93 bits per heavy atom. The molecule has 148 valence electrons. The van der Waals surface area contributed by atoms with Crippen LogP contribution >= 0.6 is 0 Å². The van der Waals surface area contributed by atoms with Crippen LogP contribution in [0.2, 0.25) is 0 Å². The predicted octanol–water partition coefficient (Wildman–Crippen LogP) is 4.01. The normalized spacial score (nSPS) is 18.2. The van der Waals surface area contributed by atoms with Gasteiger partial charge in [-0.15, -0.1) is 4.72 Å². The summed E-state index contributed by atoms with van der Waals surface area (Å²) < 4.78 is 17.2. The molecular formula is C21H31N3O2S. The van der Waals surface area contributed by atoms with E-state index in [0.717, 1.165) is 35.3 Å². The standard InChI is InChI=1S/C21H31N3O2S/c1-13-11-16(14(2)23-27(26)21(3,4)5)18-17(12-13)20(25)24(6)19(22-18)15-9-7-8-10-15/h11-12,14-15,23H,7-10H2,1-6H3. The number of nitrogens with one attached hydrogen (secondary N) is 1. The summed E-state index contributed by atoms with van der Waals surface area (Å²) in [7, 11) is 1.83. The highest BCUT2D eigenvalue weighted by atomic mass is 32.2. The van der Waals surface area contributed by atoms with Crippen LogP contribution in [0, 0.1) is 6.92 Å². The van der Waals surface area contributed by atoms with Crippen LogP contribution in [0.5, 0.6) is 0 Å². The molecule has 1 N–H and O–H groups in total. The van der Waals surface area contributed by atoms with Gasteiger partial charge in [0, 0.05) is 29.9 Å². The molecule has 0 radical (unpaired) electrons. The molecule has 27 heavy (non-hydrogen) atoms. The third kappa shape index (κ3) is 4.08. The van der Waals surface area contributed by atoms with Crippen LogP contribution in [0.1, 0.15) is 82.3 Å². The second-order valence-electron chi connectivity index (χ2n) is 8.79. The second kappa shape index (κ2) is 7.57. The molecule has 3 rings (SSSR count). The maximum atomic E-state index is 13.1. The molecule has 1 aliphatic rings. The van der Waals surface area contributed by atoms with Crippen molar-refractivity contribution in [2.45, 2.75) is 77.0 Å². The smallest absolute Gasteiger partial charge is 0.261 e. The van der Waals surface area contributed by atoms with Crippen molar-refractivity contribution < 1.29 is 4.55 Å². The van der Waals surface area contributed by atoms with Gasteiger partial charge in [0.05, 0.1) is 16.9 Å². The summed E-state index contributed by atoms with van der Waals surface area (Å²) in [4.78, 5) is 18.0. The number of aryl methyl sites for hydroxylation is 1. The van der Waals surface area contributed by atoms with E-state index in [0.29, 0.717) is 11.3 Å². The number of hydrogen-bond acceptors (Lipinski definition) is 4. The maximum Gasteiger partial charge on any atom is 0.261 e. The zero-order chi connectivity index (χ0) is 19.9. The largest absolute Gasteiger partial charge is 0.598 e. The van der Waals surface area contributed by atoms with Crippen molar-refractivity contribution in [3.63, 3.8) is 0 Å². The lowest BCUT2D eigenvalue weighted by molar-refractivity contribution is 0.531. The first-order valence-electron chi connectivity index (χ1n) is 9.79. The highest BCUT2D eigenvalue weighted by molar-refractivity contribution is 7.90. The topological polar surface area (TPSA) is 70.0 Å². The lowest BCUT2D eigenvalue weighted by Gasteiger charge is -2.27. The quantitative estimate of drug-likeness (QED) is 0.802. The van der Waals surface area contributed by atoms with Crippen molar-refractivity contribution in [2.75, 3.05) is 0 Å². The van der Waals surface area contributed by atoms with Crippen LogP contribution in [-0.2, 0) is 18.4 Å². The fraction of sp³-hybridized carbons (Fsp3) is 0.619. The summed E-state index contributed by atoms with van der Waals surface area (Å²) in [5.41, 5.74) is 2.72. The average Bonchev–Trinajstić information content (AvgIpc) is 3.11. The first-order chi connectivity index (χ1) is 12.6. The Bertz CT molecular complexity index is 895. The molecule has 0 aliphatic heterocycles. The Hall–Kier alpha value is -1.37. The predicted molar refractivity (Wildman–Crippen MR) is 112 cm³/mol. The molecule has 2 atom stereocenters. The summed E-state index contributed by atoms with van der Waals surface area (Å²) in [5, 5.41) is 0.643. The van der Waals surface area contributed by atoms with E-state index in [2.05, 4.69) is 10.8 Å². The first kappa shape index (κ1) is 20.4. The number of hydrogen-bond donors (Lipinski definition) is 1. The van der Waals surface area contributed by atoms with E-state index >= 15 is 0 Å². The lowest BCUT2D eigenvalue weighted by Crippen LogP contribution is -2.40. The first-order valence-corrected chi connectivity index (χ1v) is 10.9. The molecular weight excluding hydrogens is 358 g/mol. The molecule has 2 unspecified atom stereocenters. The number of nitrogens with zero attached hydrogens (tertiary/aromatic N) is 2. The molecule has 1 aromatic heterocycles. The van der Waals surface area contributed by atoms with Crippen LogP contribution in [0.15, 0.2) is 16.9 Å². The summed E-state index contributed by atoms with van der Waals surface area (Å²) in [6.45, 7) is 9.82. The van der Waals surface area contributed by atoms with Gasteiger partial charge in [-0.2, -0.15) is 0 Å². The Kier molecular flexibility index (Phi) is 5.71. The van der Waals surface area contributed by atoms with Gasteiger partial charge < -0.3 is 4.55 Å². The molecule has 1 heterocycles. The van der Waals surface area contributed by atoms with E-state index in [4.69, 9.17) is 4.98 Å². The van der Waals surface area contributed by atoms with Crippen LogP contribution in [0.25, 0.3) is 10.9 Å². The summed E-state index contributed by atoms with van der Waals surface area (Å²) >= 11 is -1.20. The molecule has 0 bridgehead atoms. The molecule has 2 aromatic rings. The van der Waals surface area contributed by atoms with E-state index in [1.807, 2.05) is 47.7 Å². The van der Waals surface area contributed by atoms with Crippen LogP contribution in [0.4, 0.5) is 0 Å². The summed E-state index contributed by atoms with van der Waals surface area (Å²) in [6.07, 6.45) is 4.58. The van der Waals surface area contributed by atoms with E-state index in [-0.39, 0.29) is 16.3 Å². The molecule has 6 heteroatoms. The number of aromatic nitrogens is 2. The zero-order valence-electron chi connectivity index (χ0n) is 17.3. The van der Waals surface area contributed by atoms with Gasteiger partial charge in [0.25, 0.3) is 5.56 Å². The maximum absolute atomic E-state index is 13.1. The molecule has 5 nitrogen and oxygen atoms in total. The minimum Gasteiger partial charge on any atom is -0.598 e. The molecule has 1 saturated carbocycles. The lowest BCUT2D eigenvalue weighted by atomic mass is 10.0. The van der Waals surface area contributed by atoms with E-state index < -0.39 is 11.4 Å². The number of benzene rings is 1. The molecule has 1 aromatic carbocycles. The van der Waals surface area contributed by atoms with Crippen LogP contribution in [0.3, 0.4) is 0 Å². The molecule has 0 spiro atoms. The SMILES string of the molecule is Cc1cc(C(C)N[S+]([O-])C(C)(C)C)c2nc(C3CCCC3)n(C)c(=O)c2c1. The second-order valence-corrected chi connectivity index (χ2v) is 10.8. The van der Waals surface area contributed by atoms with Crippen LogP contribution < -0.4 is 10.3 Å². The molecule has 0 amide bonds. The molecule has 1 fully saturated rings. The summed E-state index contributed by atoms with van der Waals surface area (Å²) in [5.74, 6) is 1.24. The minimum absolute atomic E-state index is 0.0102. The van der Waals surface area contributed by atoms with Crippen molar-refractivity contribution in [1.82, 2.24) is 14.3 Å². The average molecular weight is 390 g/mol. The Labute approximate surface area is 164 Å². The third-order valence-electron chi connectivity index (χ3n) is 5.42. The van der Waals surface area contributed by atoms with Crippen molar-refractivity contribution in [2.24, 2.45) is 7.05 Å². The van der Waals surface area contributed by atoms with E-state index in [9.17, 15) is 9.35 Å². The van der Waals surface area contributed by atoms with E-state index in [1.54, 1.807) is 4.57 Å². The van der Waals surface area contributed by atoms with Crippen LogP contribution in [-0.4, -0.2) is 18.9 Å². The Morgan fingerprint density at radius 3 is 2.52 bits per heavy atom. The van der Waals surface area contributed by atoms with Gasteiger partial charge in [0.2, 0.25) is 0 Å². The van der Waals surface area contributed by atoms with Gasteiger partial charge in [0.1, 0.15) is 10.6 Å². The van der Waals surface area contributed by atoms with Crippen molar-refractivity contribution in [3.05, 3.63) is 39.4 Å². The highest BCUT2D eigenvalue weighted by Crippen LogP contribution is 2.34. The number of rotatable bonds is 4. The highest BCUT2D eigenvalue weighted by Gasteiger charge is 2.30. The Balaban J connectivity index is 2.13. The number of fused-ring (bicyclic) bond motifs is 1. The monoisotopic (exact) mass is 389 g/mol. The fourth-order valence-electron chi connectivity index (χ4n) is 3.85. The van der Waals surface area contributed by atoms with Gasteiger partial charge in [-0.25, -0.2) is 4.98 Å². The zero-order valence-corrected chi connectivity index (χ0v) is 18.1. The summed E-state index contributed by atoms with van der Waals surface area (Å²) in [6, 6.07) is 3.81. The minimum atomic E-state index is -1.20. The molecule has 0 saturated heterocycles. The van der Waals surface area contributed by atoms with Gasteiger partial charge in [-0.3, -0.25) is 9.36 Å². The van der Waals surface area contributed by atoms with Gasteiger partial charge >= 0.3 is 0 Å². The van der Waals surface area contributed by atoms with Crippen molar-refractivity contribution in [3.8, 4) is 0 Å².